The molecule has 2 heterocycles. The molecule has 0 aliphatic rings. The molecule has 0 aromatic carbocycles. The zero-order valence-electron chi connectivity index (χ0n) is 10.8. The van der Waals surface area contributed by atoms with Crippen LogP contribution in [0.2, 0.25) is 0 Å². The molecule has 0 aliphatic heterocycles. The van der Waals surface area contributed by atoms with Gasteiger partial charge in [-0.3, -0.25) is 4.98 Å². The van der Waals surface area contributed by atoms with E-state index in [-0.39, 0.29) is 0 Å². The van der Waals surface area contributed by atoms with Gasteiger partial charge >= 0.3 is 0 Å². The van der Waals surface area contributed by atoms with E-state index < -0.39 is 0 Å². The van der Waals surface area contributed by atoms with Crippen molar-refractivity contribution in [1.82, 2.24) is 15.0 Å². The average molecular weight is 244 g/mol. The van der Waals surface area contributed by atoms with Gasteiger partial charge in [-0.25, -0.2) is 9.97 Å². The monoisotopic (exact) mass is 244 g/mol. The second-order valence-corrected chi connectivity index (χ2v) is 3.93. The summed E-state index contributed by atoms with van der Waals surface area (Å²) >= 11 is 0. The molecule has 0 saturated carbocycles. The number of aryl methyl sites for hydroxylation is 1. The predicted octanol–water partition coefficient (Wildman–Crippen LogP) is 2.04. The Morgan fingerprint density at radius 3 is 2.72 bits per heavy atom. The first-order valence-corrected chi connectivity index (χ1v) is 5.70. The Bertz CT molecular complexity index is 525. The van der Waals surface area contributed by atoms with Gasteiger partial charge in [0.2, 0.25) is 0 Å². The predicted molar refractivity (Wildman–Crippen MR) is 70.3 cm³/mol. The van der Waals surface area contributed by atoms with Crippen LogP contribution in [-0.4, -0.2) is 29.1 Å². The minimum absolute atomic E-state index is 0.391. The zero-order valence-corrected chi connectivity index (χ0v) is 10.8. The largest absolute Gasteiger partial charge is 0.377 e. The number of ether oxygens (including phenoxy) is 1. The average Bonchev–Trinajstić information content (AvgIpc) is 2.39. The number of methoxy groups -OCH3 is 1. The van der Waals surface area contributed by atoms with E-state index in [0.29, 0.717) is 12.4 Å². The third-order valence-corrected chi connectivity index (χ3v) is 2.51. The standard InChI is InChI=1S/C13H16N4O/c1-9-4-5-10(7-15-9)11-6-12(14-2)17-13(16-11)8-18-3/h4-7H,8H2,1-3H3,(H,14,16,17). The van der Waals surface area contributed by atoms with Crippen molar-refractivity contribution in [3.8, 4) is 11.3 Å². The summed E-state index contributed by atoms with van der Waals surface area (Å²) in [6.45, 7) is 2.35. The van der Waals surface area contributed by atoms with Gasteiger partial charge in [0.1, 0.15) is 12.4 Å². The number of nitrogens with one attached hydrogen (secondary N) is 1. The summed E-state index contributed by atoms with van der Waals surface area (Å²) in [5.41, 5.74) is 2.80. The van der Waals surface area contributed by atoms with Crippen molar-refractivity contribution < 1.29 is 4.74 Å². The molecule has 94 valence electrons. The minimum atomic E-state index is 0.391. The smallest absolute Gasteiger partial charge is 0.157 e. The maximum Gasteiger partial charge on any atom is 0.157 e. The molecule has 0 fully saturated rings. The number of pyridine rings is 1. The lowest BCUT2D eigenvalue weighted by molar-refractivity contribution is 0.178. The normalized spacial score (nSPS) is 10.4. The Balaban J connectivity index is 2.42. The molecule has 2 rings (SSSR count). The second-order valence-electron chi connectivity index (χ2n) is 3.93. The quantitative estimate of drug-likeness (QED) is 0.891. The van der Waals surface area contributed by atoms with Crippen LogP contribution in [0.4, 0.5) is 5.82 Å². The molecular weight excluding hydrogens is 228 g/mol. The molecular formula is C13H16N4O. The van der Waals surface area contributed by atoms with Crippen LogP contribution in [0, 0.1) is 6.92 Å². The van der Waals surface area contributed by atoms with Crippen molar-refractivity contribution in [2.24, 2.45) is 0 Å². The van der Waals surface area contributed by atoms with Crippen LogP contribution in [0.5, 0.6) is 0 Å². The fourth-order valence-corrected chi connectivity index (χ4v) is 1.59. The highest BCUT2D eigenvalue weighted by Gasteiger charge is 2.06. The lowest BCUT2D eigenvalue weighted by Crippen LogP contribution is -2.03. The van der Waals surface area contributed by atoms with Gasteiger partial charge in [0.25, 0.3) is 0 Å². The van der Waals surface area contributed by atoms with Crippen molar-refractivity contribution >= 4 is 5.82 Å². The molecule has 1 N–H and O–H groups in total. The molecule has 0 saturated heterocycles. The first kappa shape index (κ1) is 12.4. The summed E-state index contributed by atoms with van der Waals surface area (Å²) in [6, 6.07) is 5.86. The lowest BCUT2D eigenvalue weighted by Gasteiger charge is -2.07. The van der Waals surface area contributed by atoms with Gasteiger partial charge in [-0.1, -0.05) is 0 Å². The van der Waals surface area contributed by atoms with Gasteiger partial charge in [0.15, 0.2) is 5.82 Å². The van der Waals surface area contributed by atoms with Crippen LogP contribution < -0.4 is 5.32 Å². The topological polar surface area (TPSA) is 59.9 Å². The second kappa shape index (κ2) is 5.55. The van der Waals surface area contributed by atoms with E-state index in [1.807, 2.05) is 38.4 Å². The molecule has 5 nitrogen and oxygen atoms in total. The SMILES string of the molecule is CNc1cc(-c2ccc(C)nc2)nc(COC)n1. The summed E-state index contributed by atoms with van der Waals surface area (Å²) in [6.07, 6.45) is 1.81. The number of rotatable bonds is 4. The summed E-state index contributed by atoms with van der Waals surface area (Å²) < 4.78 is 5.07. The maximum atomic E-state index is 5.07. The van der Waals surface area contributed by atoms with Crippen LogP contribution in [0.1, 0.15) is 11.5 Å². The zero-order chi connectivity index (χ0) is 13.0. The highest BCUT2D eigenvalue weighted by Crippen LogP contribution is 2.19. The van der Waals surface area contributed by atoms with Crippen LogP contribution >= 0.6 is 0 Å². The molecule has 0 atom stereocenters. The van der Waals surface area contributed by atoms with Crippen molar-refractivity contribution in [2.75, 3.05) is 19.5 Å². The molecule has 0 bridgehead atoms. The van der Waals surface area contributed by atoms with E-state index in [1.54, 1.807) is 7.11 Å². The van der Waals surface area contributed by atoms with E-state index >= 15 is 0 Å². The third-order valence-electron chi connectivity index (χ3n) is 2.51. The minimum Gasteiger partial charge on any atom is -0.377 e. The maximum absolute atomic E-state index is 5.07. The lowest BCUT2D eigenvalue weighted by atomic mass is 10.2. The van der Waals surface area contributed by atoms with Crippen molar-refractivity contribution in [3.63, 3.8) is 0 Å². The highest BCUT2D eigenvalue weighted by molar-refractivity contribution is 5.61. The summed E-state index contributed by atoms with van der Waals surface area (Å²) in [4.78, 5) is 13.0. The highest BCUT2D eigenvalue weighted by atomic mass is 16.5. The van der Waals surface area contributed by atoms with Crippen molar-refractivity contribution in [1.29, 1.82) is 0 Å². The number of nitrogens with zero attached hydrogens (tertiary/aromatic N) is 3. The Hall–Kier alpha value is -2.01. The first-order valence-electron chi connectivity index (χ1n) is 5.70. The van der Waals surface area contributed by atoms with E-state index in [1.165, 1.54) is 0 Å². The summed E-state index contributed by atoms with van der Waals surface area (Å²) in [7, 11) is 3.46. The van der Waals surface area contributed by atoms with E-state index in [9.17, 15) is 0 Å². The fraction of sp³-hybridized carbons (Fsp3) is 0.308. The van der Waals surface area contributed by atoms with Crippen LogP contribution in [0.3, 0.4) is 0 Å². The van der Waals surface area contributed by atoms with Gasteiger partial charge in [0.05, 0.1) is 5.69 Å². The number of hydrogen-bond donors (Lipinski definition) is 1. The molecule has 18 heavy (non-hydrogen) atoms. The molecule has 0 aliphatic carbocycles. The Morgan fingerprint density at radius 2 is 2.11 bits per heavy atom. The Labute approximate surface area is 106 Å². The van der Waals surface area contributed by atoms with E-state index in [2.05, 4.69) is 20.3 Å². The van der Waals surface area contributed by atoms with Crippen LogP contribution in [0.15, 0.2) is 24.4 Å². The Kier molecular flexibility index (Phi) is 3.84. The van der Waals surface area contributed by atoms with Crippen molar-refractivity contribution in [3.05, 3.63) is 35.9 Å². The van der Waals surface area contributed by atoms with Gasteiger partial charge < -0.3 is 10.1 Å². The van der Waals surface area contributed by atoms with E-state index in [4.69, 9.17) is 4.74 Å². The molecule has 5 heteroatoms. The molecule has 0 radical (unpaired) electrons. The summed E-state index contributed by atoms with van der Waals surface area (Å²) in [5, 5.41) is 3.02. The summed E-state index contributed by atoms with van der Waals surface area (Å²) in [5.74, 6) is 1.42. The first-order chi connectivity index (χ1) is 8.72. The Morgan fingerprint density at radius 1 is 1.28 bits per heavy atom. The van der Waals surface area contributed by atoms with Crippen LogP contribution in [-0.2, 0) is 11.3 Å². The van der Waals surface area contributed by atoms with E-state index in [0.717, 1.165) is 22.8 Å². The fourth-order valence-electron chi connectivity index (χ4n) is 1.59. The van der Waals surface area contributed by atoms with Gasteiger partial charge in [-0.15, -0.1) is 0 Å². The van der Waals surface area contributed by atoms with Gasteiger partial charge in [-0.2, -0.15) is 0 Å². The molecule has 2 aromatic rings. The molecule has 0 spiro atoms. The van der Waals surface area contributed by atoms with Gasteiger partial charge in [0, 0.05) is 37.7 Å². The molecule has 0 unspecified atom stereocenters. The number of hydrogen-bond acceptors (Lipinski definition) is 5. The third kappa shape index (κ3) is 2.81. The van der Waals surface area contributed by atoms with Crippen molar-refractivity contribution in [2.45, 2.75) is 13.5 Å². The van der Waals surface area contributed by atoms with Gasteiger partial charge in [-0.05, 0) is 19.1 Å². The number of anilines is 1. The molecule has 0 amide bonds. The van der Waals surface area contributed by atoms with Crippen LogP contribution in [0.25, 0.3) is 11.3 Å². The number of aromatic nitrogens is 3. The molecule has 2 aromatic heterocycles.